The first-order chi connectivity index (χ1) is 13.2. The van der Waals surface area contributed by atoms with Gasteiger partial charge in [0.1, 0.15) is 5.75 Å². The van der Waals surface area contributed by atoms with Gasteiger partial charge < -0.3 is 14.2 Å². The van der Waals surface area contributed by atoms with Gasteiger partial charge in [-0.3, -0.25) is 9.69 Å². The normalized spacial score (nSPS) is 15.3. The number of fused-ring (bicyclic) bond motifs is 1. The van der Waals surface area contributed by atoms with Crippen LogP contribution >= 0.6 is 0 Å². The zero-order valence-electron chi connectivity index (χ0n) is 15.9. The van der Waals surface area contributed by atoms with E-state index in [1.54, 1.807) is 7.11 Å². The molecule has 4 rings (SSSR count). The number of ether oxygens (including phenoxy) is 1. The maximum Gasteiger partial charge on any atom is 0.256 e. The number of amides is 1. The lowest BCUT2D eigenvalue weighted by atomic mass is 10.1. The number of rotatable bonds is 4. The lowest BCUT2D eigenvalue weighted by Gasteiger charge is -2.34. The Labute approximate surface area is 159 Å². The minimum atomic E-state index is 0.105. The summed E-state index contributed by atoms with van der Waals surface area (Å²) < 4.78 is 7.35. The Morgan fingerprint density at radius 3 is 2.48 bits per heavy atom. The third kappa shape index (κ3) is 3.55. The molecule has 0 radical (unpaired) electrons. The standard InChI is InChI=1S/C22H25N3O2/c1-23-16-20(19-14-18(27-2)8-9-21(19)23)22(26)25-12-10-24(11-13-25)15-17-6-4-3-5-7-17/h3-9,14,16H,10-13,15H2,1-2H3. The number of benzene rings is 2. The SMILES string of the molecule is COc1ccc2c(c1)c(C(=O)N1CCN(Cc3ccccc3)CC1)cn2C. The quantitative estimate of drug-likeness (QED) is 0.715. The van der Waals surface area contributed by atoms with E-state index in [9.17, 15) is 4.79 Å². The number of aromatic nitrogens is 1. The Morgan fingerprint density at radius 1 is 1.04 bits per heavy atom. The van der Waals surface area contributed by atoms with Crippen molar-refractivity contribution in [2.45, 2.75) is 6.54 Å². The lowest BCUT2D eigenvalue weighted by Crippen LogP contribution is -2.48. The van der Waals surface area contributed by atoms with E-state index in [0.29, 0.717) is 0 Å². The molecule has 0 spiro atoms. The molecule has 5 heteroatoms. The average Bonchev–Trinajstić information content (AvgIpc) is 3.04. The van der Waals surface area contributed by atoms with Crippen LogP contribution in [-0.4, -0.2) is 53.6 Å². The predicted molar refractivity (Wildman–Crippen MR) is 107 cm³/mol. The van der Waals surface area contributed by atoms with Gasteiger partial charge in [-0.25, -0.2) is 0 Å². The molecule has 0 unspecified atom stereocenters. The summed E-state index contributed by atoms with van der Waals surface area (Å²) in [6.07, 6.45) is 1.93. The first kappa shape index (κ1) is 17.6. The van der Waals surface area contributed by atoms with Crippen LogP contribution in [0.1, 0.15) is 15.9 Å². The minimum Gasteiger partial charge on any atom is -0.497 e. The molecule has 0 N–H and O–H groups in total. The van der Waals surface area contributed by atoms with E-state index >= 15 is 0 Å². The van der Waals surface area contributed by atoms with Crippen LogP contribution in [0.25, 0.3) is 10.9 Å². The van der Waals surface area contributed by atoms with Crippen LogP contribution < -0.4 is 4.74 Å². The van der Waals surface area contributed by atoms with Gasteiger partial charge in [0.05, 0.1) is 12.7 Å². The van der Waals surface area contributed by atoms with Crippen molar-refractivity contribution in [2.75, 3.05) is 33.3 Å². The largest absolute Gasteiger partial charge is 0.497 e. The molecule has 1 aliphatic heterocycles. The second kappa shape index (κ2) is 7.45. The predicted octanol–water partition coefficient (Wildman–Crippen LogP) is 3.14. The van der Waals surface area contributed by atoms with E-state index in [1.807, 2.05) is 47.0 Å². The monoisotopic (exact) mass is 363 g/mol. The van der Waals surface area contributed by atoms with Gasteiger partial charge in [-0.2, -0.15) is 0 Å². The molecule has 140 valence electrons. The zero-order valence-corrected chi connectivity index (χ0v) is 15.9. The third-order valence-electron chi connectivity index (χ3n) is 5.34. The Morgan fingerprint density at radius 2 is 1.78 bits per heavy atom. The molecule has 0 atom stereocenters. The number of carbonyl (C=O) groups is 1. The molecule has 1 aromatic heterocycles. The van der Waals surface area contributed by atoms with Crippen molar-refractivity contribution in [3.8, 4) is 5.75 Å². The van der Waals surface area contributed by atoms with E-state index in [1.165, 1.54) is 5.56 Å². The average molecular weight is 363 g/mol. The lowest BCUT2D eigenvalue weighted by molar-refractivity contribution is 0.0630. The van der Waals surface area contributed by atoms with Crippen LogP contribution in [0.3, 0.4) is 0 Å². The molecule has 1 saturated heterocycles. The molecular formula is C22H25N3O2. The number of hydrogen-bond donors (Lipinski definition) is 0. The van der Waals surface area contributed by atoms with E-state index in [4.69, 9.17) is 4.74 Å². The second-order valence-electron chi connectivity index (χ2n) is 7.09. The van der Waals surface area contributed by atoms with E-state index in [2.05, 4.69) is 29.2 Å². The van der Waals surface area contributed by atoms with Gasteiger partial charge in [0.25, 0.3) is 5.91 Å². The fourth-order valence-corrected chi connectivity index (χ4v) is 3.79. The van der Waals surface area contributed by atoms with Crippen LogP contribution in [-0.2, 0) is 13.6 Å². The minimum absolute atomic E-state index is 0.105. The molecule has 1 aliphatic rings. The van der Waals surface area contributed by atoms with Gasteiger partial charge >= 0.3 is 0 Å². The fourth-order valence-electron chi connectivity index (χ4n) is 3.79. The molecule has 27 heavy (non-hydrogen) atoms. The number of nitrogens with zero attached hydrogens (tertiary/aromatic N) is 3. The summed E-state index contributed by atoms with van der Waals surface area (Å²) in [5.41, 5.74) is 3.11. The highest BCUT2D eigenvalue weighted by Crippen LogP contribution is 2.26. The highest BCUT2D eigenvalue weighted by atomic mass is 16.5. The number of aryl methyl sites for hydroxylation is 1. The van der Waals surface area contributed by atoms with Gasteiger partial charge in [-0.05, 0) is 23.8 Å². The molecule has 0 aliphatic carbocycles. The van der Waals surface area contributed by atoms with Crippen LogP contribution in [0, 0.1) is 0 Å². The van der Waals surface area contributed by atoms with Crippen molar-refractivity contribution >= 4 is 16.8 Å². The molecule has 0 bridgehead atoms. The molecule has 2 aromatic carbocycles. The molecule has 2 heterocycles. The Kier molecular flexibility index (Phi) is 4.86. The van der Waals surface area contributed by atoms with E-state index in [-0.39, 0.29) is 5.91 Å². The Bertz CT molecular complexity index is 941. The van der Waals surface area contributed by atoms with Crippen LogP contribution in [0.15, 0.2) is 54.7 Å². The van der Waals surface area contributed by atoms with Gasteiger partial charge in [-0.1, -0.05) is 30.3 Å². The Balaban J connectivity index is 1.47. The first-order valence-electron chi connectivity index (χ1n) is 9.34. The number of carbonyl (C=O) groups excluding carboxylic acids is 1. The van der Waals surface area contributed by atoms with Gasteiger partial charge in [0.15, 0.2) is 0 Å². The van der Waals surface area contributed by atoms with Crippen molar-refractivity contribution in [2.24, 2.45) is 7.05 Å². The summed E-state index contributed by atoms with van der Waals surface area (Å²) in [4.78, 5) is 17.5. The van der Waals surface area contributed by atoms with E-state index < -0.39 is 0 Å². The molecular weight excluding hydrogens is 338 g/mol. The number of hydrogen-bond acceptors (Lipinski definition) is 3. The summed E-state index contributed by atoms with van der Waals surface area (Å²) in [6.45, 7) is 4.25. The van der Waals surface area contributed by atoms with Crippen molar-refractivity contribution in [3.05, 3.63) is 65.9 Å². The highest BCUT2D eigenvalue weighted by molar-refractivity contribution is 6.07. The summed E-state index contributed by atoms with van der Waals surface area (Å²) in [5, 5.41) is 0.952. The molecule has 1 amide bonds. The van der Waals surface area contributed by atoms with Gasteiger partial charge in [-0.15, -0.1) is 0 Å². The maximum atomic E-state index is 13.1. The smallest absolute Gasteiger partial charge is 0.256 e. The van der Waals surface area contributed by atoms with Crippen molar-refractivity contribution in [3.63, 3.8) is 0 Å². The summed E-state index contributed by atoms with van der Waals surface area (Å²) in [7, 11) is 3.63. The summed E-state index contributed by atoms with van der Waals surface area (Å²) >= 11 is 0. The molecule has 1 fully saturated rings. The van der Waals surface area contributed by atoms with Gasteiger partial charge in [0.2, 0.25) is 0 Å². The molecule has 5 nitrogen and oxygen atoms in total. The maximum absolute atomic E-state index is 13.1. The van der Waals surface area contributed by atoms with Crippen LogP contribution in [0.4, 0.5) is 0 Å². The van der Waals surface area contributed by atoms with Crippen LogP contribution in [0.5, 0.6) is 5.75 Å². The second-order valence-corrected chi connectivity index (χ2v) is 7.09. The van der Waals surface area contributed by atoms with Crippen molar-refractivity contribution in [1.29, 1.82) is 0 Å². The molecule has 0 saturated carbocycles. The molecule has 3 aromatic rings. The Hall–Kier alpha value is -2.79. The number of methoxy groups -OCH3 is 1. The van der Waals surface area contributed by atoms with Crippen LogP contribution in [0.2, 0.25) is 0 Å². The summed E-state index contributed by atoms with van der Waals surface area (Å²) in [6, 6.07) is 16.4. The fraction of sp³-hybridized carbons (Fsp3) is 0.318. The topological polar surface area (TPSA) is 37.7 Å². The summed E-state index contributed by atoms with van der Waals surface area (Å²) in [5.74, 6) is 0.878. The van der Waals surface area contributed by atoms with E-state index in [0.717, 1.165) is 54.9 Å². The van der Waals surface area contributed by atoms with Crippen molar-refractivity contribution in [1.82, 2.24) is 14.4 Å². The first-order valence-corrected chi connectivity index (χ1v) is 9.34. The number of piperazine rings is 1. The zero-order chi connectivity index (χ0) is 18.8. The third-order valence-corrected chi connectivity index (χ3v) is 5.34. The highest BCUT2D eigenvalue weighted by Gasteiger charge is 2.24. The van der Waals surface area contributed by atoms with Crippen molar-refractivity contribution < 1.29 is 9.53 Å². The van der Waals surface area contributed by atoms with Gasteiger partial charge in [0, 0.05) is 56.9 Å².